The van der Waals surface area contributed by atoms with Crippen molar-refractivity contribution in [3.8, 4) is 17.0 Å². The predicted octanol–water partition coefficient (Wildman–Crippen LogP) is 4.91. The fourth-order valence-electron chi connectivity index (χ4n) is 6.12. The summed E-state index contributed by atoms with van der Waals surface area (Å²) < 4.78 is 27.1. The van der Waals surface area contributed by atoms with Gasteiger partial charge in [-0.2, -0.15) is 0 Å². The topological polar surface area (TPSA) is 96.7 Å². The number of carbonyl (C=O) groups is 1. The fourth-order valence-corrected chi connectivity index (χ4v) is 6.12. The van der Waals surface area contributed by atoms with E-state index in [9.17, 15) is 4.79 Å². The van der Waals surface area contributed by atoms with E-state index >= 15 is 0 Å². The Morgan fingerprint density at radius 3 is 2.80 bits per heavy atom. The third-order valence-corrected chi connectivity index (χ3v) is 8.36. The van der Waals surface area contributed by atoms with Crippen LogP contribution < -0.4 is 10.1 Å². The molecule has 212 valence electrons. The van der Waals surface area contributed by atoms with Gasteiger partial charge in [-0.05, 0) is 11.6 Å². The van der Waals surface area contributed by atoms with Crippen LogP contribution >= 0.6 is 0 Å². The number of amides is 1. The van der Waals surface area contributed by atoms with Crippen LogP contribution in [0.5, 0.6) is 5.75 Å². The van der Waals surface area contributed by atoms with Gasteiger partial charge in [0.15, 0.2) is 0 Å². The van der Waals surface area contributed by atoms with E-state index in [-0.39, 0.29) is 18.1 Å². The number of anilines is 1. The summed E-state index contributed by atoms with van der Waals surface area (Å²) in [4.78, 5) is 21.4. The minimum atomic E-state index is -0.559. The highest BCUT2D eigenvalue weighted by atomic mass is 16.6. The number of ether oxygens (including phenoxy) is 4. The SMILES string of the molecule is CC(=O)Nc1cc2c(-c3cc(OC4CC(OCc5ccccc5)C4)c4c(n3)C3(CCOC3)OCC4)cn(C)c2cn1. The minimum Gasteiger partial charge on any atom is -0.490 e. The second-order valence-corrected chi connectivity index (χ2v) is 11.3. The lowest BCUT2D eigenvalue weighted by Gasteiger charge is -2.38. The molecule has 2 fully saturated rings. The van der Waals surface area contributed by atoms with Crippen molar-refractivity contribution in [3.63, 3.8) is 0 Å². The average Bonchev–Trinajstić information content (AvgIpc) is 3.55. The van der Waals surface area contributed by atoms with Gasteiger partial charge in [0.1, 0.15) is 23.3 Å². The number of nitrogens with one attached hydrogen (secondary N) is 1. The van der Waals surface area contributed by atoms with Crippen LogP contribution in [0.25, 0.3) is 22.2 Å². The van der Waals surface area contributed by atoms with Gasteiger partial charge in [-0.1, -0.05) is 30.3 Å². The van der Waals surface area contributed by atoms with E-state index in [0.717, 1.165) is 64.9 Å². The first kappa shape index (κ1) is 26.1. The summed E-state index contributed by atoms with van der Waals surface area (Å²) in [7, 11) is 1.99. The quantitative estimate of drug-likeness (QED) is 0.347. The van der Waals surface area contributed by atoms with Crippen LogP contribution in [0.2, 0.25) is 0 Å². The molecule has 4 aromatic rings. The van der Waals surface area contributed by atoms with E-state index in [1.54, 1.807) is 6.20 Å². The Morgan fingerprint density at radius 2 is 2.02 bits per heavy atom. The highest BCUT2D eigenvalue weighted by Gasteiger charge is 2.45. The molecule has 9 nitrogen and oxygen atoms in total. The third-order valence-electron chi connectivity index (χ3n) is 8.36. The lowest BCUT2D eigenvalue weighted by molar-refractivity contribution is -0.114. The van der Waals surface area contributed by atoms with E-state index in [1.165, 1.54) is 12.5 Å². The van der Waals surface area contributed by atoms with Gasteiger partial charge in [0.05, 0.1) is 49.0 Å². The Hall–Kier alpha value is -3.79. The highest BCUT2D eigenvalue weighted by Crippen LogP contribution is 2.45. The number of hydrogen-bond acceptors (Lipinski definition) is 7. The molecule has 3 aliphatic rings. The van der Waals surface area contributed by atoms with Crippen LogP contribution in [0.15, 0.2) is 54.9 Å². The summed E-state index contributed by atoms with van der Waals surface area (Å²) in [6.45, 7) is 3.84. The molecule has 9 heteroatoms. The number of rotatable bonds is 7. The van der Waals surface area contributed by atoms with Crippen molar-refractivity contribution in [3.05, 3.63) is 71.7 Å². The van der Waals surface area contributed by atoms with E-state index in [2.05, 4.69) is 34.7 Å². The van der Waals surface area contributed by atoms with Crippen molar-refractivity contribution in [2.75, 3.05) is 25.1 Å². The van der Waals surface area contributed by atoms with Gasteiger partial charge >= 0.3 is 0 Å². The second-order valence-electron chi connectivity index (χ2n) is 11.3. The zero-order valence-corrected chi connectivity index (χ0v) is 23.4. The molecule has 1 unspecified atom stereocenters. The van der Waals surface area contributed by atoms with Gasteiger partial charge in [0.25, 0.3) is 0 Å². The molecule has 1 saturated heterocycles. The van der Waals surface area contributed by atoms with E-state index in [0.29, 0.717) is 32.2 Å². The molecule has 1 aliphatic carbocycles. The fraction of sp³-hybridized carbons (Fsp3) is 0.406. The zero-order valence-electron chi connectivity index (χ0n) is 23.4. The minimum absolute atomic E-state index is 0.0804. The maximum absolute atomic E-state index is 11.7. The molecule has 5 heterocycles. The Kier molecular flexibility index (Phi) is 6.73. The Morgan fingerprint density at radius 1 is 1.17 bits per heavy atom. The standard InChI is InChI=1S/C32H34N4O5/c1-20(37)34-30-14-25-26(17-36(2)28(25)16-33-30)27-15-29(24-8-10-40-32(31(24)35-27)9-11-38-19-32)41-23-12-22(13-23)39-18-21-6-4-3-5-7-21/h3-7,14-17,22-23H,8-13,18-19H2,1-2H3,(H,33,34,37). The zero-order chi connectivity index (χ0) is 28.0. The normalized spacial score (nSPS) is 23.4. The molecule has 3 aromatic heterocycles. The second kappa shape index (κ2) is 10.6. The molecule has 0 bridgehead atoms. The molecule has 1 amide bonds. The maximum Gasteiger partial charge on any atom is 0.222 e. The summed E-state index contributed by atoms with van der Waals surface area (Å²) in [6, 6.07) is 14.2. The molecule has 1 atom stereocenters. The molecular weight excluding hydrogens is 520 g/mol. The Balaban J connectivity index is 1.21. The monoisotopic (exact) mass is 554 g/mol. The number of carbonyl (C=O) groups excluding carboxylic acids is 1. The number of benzene rings is 1. The van der Waals surface area contributed by atoms with Gasteiger partial charge in [0, 0.05) is 75.0 Å². The molecule has 1 N–H and O–H groups in total. The molecule has 1 saturated carbocycles. The maximum atomic E-state index is 11.7. The van der Waals surface area contributed by atoms with E-state index < -0.39 is 5.60 Å². The van der Waals surface area contributed by atoms with Gasteiger partial charge in [-0.15, -0.1) is 0 Å². The Bertz CT molecular complexity index is 1590. The molecule has 1 aromatic carbocycles. The van der Waals surface area contributed by atoms with E-state index in [4.69, 9.17) is 23.9 Å². The van der Waals surface area contributed by atoms with E-state index in [1.807, 2.05) is 35.9 Å². The molecule has 2 aliphatic heterocycles. The first-order valence-corrected chi connectivity index (χ1v) is 14.3. The summed E-state index contributed by atoms with van der Waals surface area (Å²) in [5.41, 5.74) is 5.34. The number of nitrogens with zero attached hydrogens (tertiary/aromatic N) is 3. The van der Waals surface area contributed by atoms with Crippen LogP contribution in [0.3, 0.4) is 0 Å². The largest absolute Gasteiger partial charge is 0.490 e. The molecule has 0 radical (unpaired) electrons. The summed E-state index contributed by atoms with van der Waals surface area (Å²) >= 11 is 0. The smallest absolute Gasteiger partial charge is 0.222 e. The molecular formula is C32H34N4O5. The third kappa shape index (κ3) is 4.98. The number of fused-ring (bicyclic) bond motifs is 3. The molecule has 1 spiro atoms. The van der Waals surface area contributed by atoms with Crippen LogP contribution in [0.1, 0.15) is 43.0 Å². The summed E-state index contributed by atoms with van der Waals surface area (Å²) in [6.07, 6.45) is 7.31. The first-order chi connectivity index (χ1) is 20.0. The average molecular weight is 555 g/mol. The number of aryl methyl sites for hydroxylation is 1. The summed E-state index contributed by atoms with van der Waals surface area (Å²) in [5, 5.41) is 3.75. The molecule has 41 heavy (non-hydrogen) atoms. The lowest BCUT2D eigenvalue weighted by Crippen LogP contribution is -2.41. The predicted molar refractivity (Wildman–Crippen MR) is 154 cm³/mol. The number of hydrogen-bond donors (Lipinski definition) is 1. The van der Waals surface area contributed by atoms with Crippen molar-refractivity contribution in [2.45, 2.75) is 57.0 Å². The molecule has 7 rings (SSSR count). The first-order valence-electron chi connectivity index (χ1n) is 14.3. The van der Waals surface area contributed by atoms with Crippen molar-refractivity contribution in [2.24, 2.45) is 7.05 Å². The van der Waals surface area contributed by atoms with Crippen molar-refractivity contribution >= 4 is 22.6 Å². The van der Waals surface area contributed by atoms with Crippen LogP contribution in [0.4, 0.5) is 5.82 Å². The van der Waals surface area contributed by atoms with Crippen molar-refractivity contribution in [1.82, 2.24) is 14.5 Å². The Labute approximate surface area is 238 Å². The number of aromatic nitrogens is 3. The van der Waals surface area contributed by atoms with Crippen LogP contribution in [0, 0.1) is 0 Å². The van der Waals surface area contributed by atoms with Gasteiger partial charge in [-0.3, -0.25) is 4.79 Å². The summed E-state index contributed by atoms with van der Waals surface area (Å²) in [5.74, 6) is 1.20. The van der Waals surface area contributed by atoms with Gasteiger partial charge in [-0.25, -0.2) is 9.97 Å². The highest BCUT2D eigenvalue weighted by molar-refractivity contribution is 5.98. The lowest BCUT2D eigenvalue weighted by atomic mass is 9.88. The van der Waals surface area contributed by atoms with Crippen LogP contribution in [-0.4, -0.2) is 52.5 Å². The van der Waals surface area contributed by atoms with Crippen molar-refractivity contribution in [1.29, 1.82) is 0 Å². The van der Waals surface area contributed by atoms with Gasteiger partial charge < -0.3 is 28.8 Å². The number of pyridine rings is 2. The van der Waals surface area contributed by atoms with Crippen LogP contribution in [-0.2, 0) is 44.7 Å². The van der Waals surface area contributed by atoms with Crippen molar-refractivity contribution < 1.29 is 23.7 Å². The van der Waals surface area contributed by atoms with Gasteiger partial charge in [0.2, 0.25) is 5.91 Å².